The summed E-state index contributed by atoms with van der Waals surface area (Å²) in [6.07, 6.45) is 3.29. The van der Waals surface area contributed by atoms with Crippen molar-refractivity contribution in [1.82, 2.24) is 24.8 Å². The van der Waals surface area contributed by atoms with Crippen molar-refractivity contribution in [3.63, 3.8) is 0 Å². The molecule has 0 bridgehead atoms. The molecule has 27 heavy (non-hydrogen) atoms. The fraction of sp³-hybridized carbons (Fsp3) is 0.158. The Labute approximate surface area is 160 Å². The topological polar surface area (TPSA) is 77.6 Å². The lowest BCUT2D eigenvalue weighted by Gasteiger charge is -2.05. The van der Waals surface area contributed by atoms with E-state index in [4.69, 9.17) is 11.6 Å². The average molecular weight is 381 g/mol. The van der Waals surface area contributed by atoms with E-state index >= 15 is 0 Å². The molecule has 8 heteroatoms. The molecule has 2 heterocycles. The number of rotatable bonds is 5. The number of fused-ring (bicyclic) bond motifs is 1. The number of benzene rings is 2. The number of hydrogen-bond donors (Lipinski definition) is 1. The summed E-state index contributed by atoms with van der Waals surface area (Å²) in [6, 6.07) is 13.7. The molecule has 2 aromatic heterocycles. The van der Waals surface area contributed by atoms with Gasteiger partial charge in [0.1, 0.15) is 6.54 Å². The molecule has 1 N–H and O–H groups in total. The second kappa shape index (κ2) is 7.20. The van der Waals surface area contributed by atoms with Crippen LogP contribution in [0.25, 0.3) is 22.0 Å². The van der Waals surface area contributed by atoms with E-state index in [1.54, 1.807) is 10.9 Å². The maximum Gasteiger partial charge on any atom is 0.247 e. The van der Waals surface area contributed by atoms with E-state index < -0.39 is 0 Å². The van der Waals surface area contributed by atoms with Crippen LogP contribution in [0, 0.1) is 0 Å². The van der Waals surface area contributed by atoms with Gasteiger partial charge in [0, 0.05) is 10.4 Å². The lowest BCUT2D eigenvalue weighted by Crippen LogP contribution is -2.19. The number of aromatic nitrogens is 5. The van der Waals surface area contributed by atoms with Gasteiger partial charge in [-0.15, -0.1) is 5.10 Å². The minimum absolute atomic E-state index is 0.1000. The van der Waals surface area contributed by atoms with Crippen LogP contribution in [-0.2, 0) is 17.9 Å². The first-order valence-corrected chi connectivity index (χ1v) is 8.91. The monoisotopic (exact) mass is 380 g/mol. The fourth-order valence-electron chi connectivity index (χ4n) is 2.86. The lowest BCUT2D eigenvalue weighted by molar-refractivity contribution is -0.116. The van der Waals surface area contributed by atoms with Crippen molar-refractivity contribution in [2.24, 2.45) is 0 Å². The number of hydrogen-bond acceptors (Lipinski definition) is 4. The zero-order chi connectivity index (χ0) is 18.8. The van der Waals surface area contributed by atoms with Crippen LogP contribution in [0.5, 0.6) is 0 Å². The minimum atomic E-state index is -0.204. The van der Waals surface area contributed by atoms with Crippen molar-refractivity contribution >= 4 is 34.2 Å². The third-order valence-electron chi connectivity index (χ3n) is 4.20. The summed E-state index contributed by atoms with van der Waals surface area (Å²) in [4.78, 5) is 13.8. The largest absolute Gasteiger partial charge is 0.306 e. The summed E-state index contributed by atoms with van der Waals surface area (Å²) in [5.41, 5.74) is 3.03. The SMILES string of the molecule is CCn1ncc(NC(=O)Cn2ncc3cc(-c4ccc(Cl)cc4)ccc32)n1. The average Bonchev–Trinajstić information content (AvgIpc) is 3.29. The first kappa shape index (κ1) is 17.2. The highest BCUT2D eigenvalue weighted by Gasteiger charge is 2.10. The van der Waals surface area contributed by atoms with Gasteiger partial charge in [-0.25, -0.2) is 0 Å². The molecular formula is C19H17ClN6O. The number of nitrogens with one attached hydrogen (secondary N) is 1. The first-order valence-electron chi connectivity index (χ1n) is 8.54. The second-order valence-electron chi connectivity index (χ2n) is 6.05. The molecule has 0 aliphatic rings. The van der Waals surface area contributed by atoms with Crippen molar-refractivity contribution in [3.05, 3.63) is 59.9 Å². The maximum atomic E-state index is 12.3. The quantitative estimate of drug-likeness (QED) is 0.573. The van der Waals surface area contributed by atoms with Crippen molar-refractivity contribution in [2.75, 3.05) is 5.32 Å². The summed E-state index contributed by atoms with van der Waals surface area (Å²) in [7, 11) is 0. The molecule has 136 valence electrons. The predicted molar refractivity (Wildman–Crippen MR) is 105 cm³/mol. The summed E-state index contributed by atoms with van der Waals surface area (Å²) in [5.74, 6) is 0.230. The molecule has 4 rings (SSSR count). The van der Waals surface area contributed by atoms with Crippen molar-refractivity contribution < 1.29 is 4.79 Å². The highest BCUT2D eigenvalue weighted by Crippen LogP contribution is 2.25. The summed E-state index contributed by atoms with van der Waals surface area (Å²) < 4.78 is 1.67. The Bertz CT molecular complexity index is 1100. The van der Waals surface area contributed by atoms with Crippen LogP contribution in [0.2, 0.25) is 5.02 Å². The zero-order valence-electron chi connectivity index (χ0n) is 14.6. The minimum Gasteiger partial charge on any atom is -0.306 e. The number of carbonyl (C=O) groups excluding carboxylic acids is 1. The number of aryl methyl sites for hydroxylation is 1. The van der Waals surface area contributed by atoms with Gasteiger partial charge in [-0.2, -0.15) is 15.0 Å². The van der Waals surface area contributed by atoms with Crippen LogP contribution in [0.3, 0.4) is 0 Å². The Kier molecular flexibility index (Phi) is 4.60. The Morgan fingerprint density at radius 2 is 1.85 bits per heavy atom. The standard InChI is InChI=1S/C19H17ClN6O/c1-2-26-22-11-18(24-26)23-19(27)12-25-17-8-5-14(9-15(17)10-21-25)13-3-6-16(20)7-4-13/h3-11H,2,12H2,1H3,(H,23,24,27). The number of nitrogens with zero attached hydrogens (tertiary/aromatic N) is 5. The second-order valence-corrected chi connectivity index (χ2v) is 6.49. The molecule has 0 unspecified atom stereocenters. The van der Waals surface area contributed by atoms with E-state index in [9.17, 15) is 4.79 Å². The van der Waals surface area contributed by atoms with Gasteiger partial charge in [0.2, 0.25) is 5.91 Å². The van der Waals surface area contributed by atoms with E-state index in [2.05, 4.69) is 20.6 Å². The molecular weight excluding hydrogens is 364 g/mol. The van der Waals surface area contributed by atoms with E-state index in [-0.39, 0.29) is 12.5 Å². The number of anilines is 1. The molecule has 0 radical (unpaired) electrons. The Hall–Kier alpha value is -3.19. The molecule has 0 atom stereocenters. The van der Waals surface area contributed by atoms with Gasteiger partial charge in [0.25, 0.3) is 0 Å². The van der Waals surface area contributed by atoms with Crippen molar-refractivity contribution in [1.29, 1.82) is 0 Å². The normalized spacial score (nSPS) is 11.0. The van der Waals surface area contributed by atoms with Gasteiger partial charge in [0.15, 0.2) is 5.82 Å². The smallest absolute Gasteiger partial charge is 0.247 e. The Balaban J connectivity index is 1.52. The molecule has 0 spiro atoms. The predicted octanol–water partition coefficient (Wildman–Crippen LogP) is 3.61. The summed E-state index contributed by atoms with van der Waals surface area (Å²) >= 11 is 5.95. The van der Waals surface area contributed by atoms with Crippen LogP contribution in [0.1, 0.15) is 6.92 Å². The molecule has 0 saturated heterocycles. The molecule has 0 saturated carbocycles. The molecule has 1 amide bonds. The fourth-order valence-corrected chi connectivity index (χ4v) is 2.99. The third-order valence-corrected chi connectivity index (χ3v) is 4.45. The molecule has 4 aromatic rings. The Morgan fingerprint density at radius 3 is 2.59 bits per heavy atom. The van der Waals surface area contributed by atoms with Crippen molar-refractivity contribution in [3.8, 4) is 11.1 Å². The number of halogens is 1. The maximum absolute atomic E-state index is 12.3. The Morgan fingerprint density at radius 1 is 1.07 bits per heavy atom. The highest BCUT2D eigenvalue weighted by atomic mass is 35.5. The van der Waals surface area contributed by atoms with E-state index in [1.165, 1.54) is 11.0 Å². The van der Waals surface area contributed by atoms with Gasteiger partial charge in [0.05, 0.1) is 24.5 Å². The lowest BCUT2D eigenvalue weighted by atomic mass is 10.0. The van der Waals surface area contributed by atoms with Gasteiger partial charge >= 0.3 is 0 Å². The van der Waals surface area contributed by atoms with Gasteiger partial charge in [-0.3, -0.25) is 9.48 Å². The van der Waals surface area contributed by atoms with Gasteiger partial charge in [-0.05, 0) is 42.3 Å². The molecule has 0 aliphatic heterocycles. The van der Waals surface area contributed by atoms with Crippen LogP contribution >= 0.6 is 11.6 Å². The molecule has 0 aliphatic carbocycles. The summed E-state index contributed by atoms with van der Waals surface area (Å²) in [6.45, 7) is 2.68. The number of carbonyl (C=O) groups is 1. The van der Waals surface area contributed by atoms with Crippen molar-refractivity contribution in [2.45, 2.75) is 20.0 Å². The summed E-state index contributed by atoms with van der Waals surface area (Å²) in [5, 5.41) is 16.9. The number of amides is 1. The third kappa shape index (κ3) is 3.68. The zero-order valence-corrected chi connectivity index (χ0v) is 15.4. The van der Waals surface area contributed by atoms with E-state index in [0.29, 0.717) is 17.4 Å². The van der Waals surface area contributed by atoms with E-state index in [1.807, 2.05) is 49.4 Å². The van der Waals surface area contributed by atoms with Crippen LogP contribution in [0.15, 0.2) is 54.9 Å². The molecule has 7 nitrogen and oxygen atoms in total. The van der Waals surface area contributed by atoms with Crippen LogP contribution in [0.4, 0.5) is 5.82 Å². The highest BCUT2D eigenvalue weighted by molar-refractivity contribution is 6.30. The van der Waals surface area contributed by atoms with Crippen LogP contribution < -0.4 is 5.32 Å². The molecule has 0 fully saturated rings. The molecule has 2 aromatic carbocycles. The van der Waals surface area contributed by atoms with Crippen LogP contribution in [-0.4, -0.2) is 30.7 Å². The van der Waals surface area contributed by atoms with Gasteiger partial charge < -0.3 is 5.32 Å². The van der Waals surface area contributed by atoms with Gasteiger partial charge in [-0.1, -0.05) is 29.8 Å². The first-order chi connectivity index (χ1) is 13.1. The van der Waals surface area contributed by atoms with E-state index in [0.717, 1.165) is 22.0 Å².